The molecule has 0 aliphatic rings. The predicted octanol–water partition coefficient (Wildman–Crippen LogP) is 5.58. The lowest BCUT2D eigenvalue weighted by atomic mass is 10.2. The molecule has 0 saturated carbocycles. The minimum atomic E-state index is -0.265. The van der Waals surface area contributed by atoms with E-state index >= 15 is 0 Å². The Kier molecular flexibility index (Phi) is 4.40. The van der Waals surface area contributed by atoms with Crippen LogP contribution in [0.2, 0.25) is 0 Å². The molecular formula is C14H11Br2FO. The second-order valence-electron chi connectivity index (χ2n) is 3.86. The minimum Gasteiger partial charge on any atom is -0.457 e. The lowest BCUT2D eigenvalue weighted by molar-refractivity contribution is 0.467. The lowest BCUT2D eigenvalue weighted by Crippen LogP contribution is -1.94. The van der Waals surface area contributed by atoms with Crippen LogP contribution in [0.5, 0.6) is 11.5 Å². The number of aryl methyl sites for hydroxylation is 1. The predicted molar refractivity (Wildman–Crippen MR) is 78.0 cm³/mol. The smallest absolute Gasteiger partial charge is 0.134 e. The van der Waals surface area contributed by atoms with Crippen LogP contribution in [0, 0.1) is 12.7 Å². The van der Waals surface area contributed by atoms with Crippen LogP contribution in [0.15, 0.2) is 40.9 Å². The van der Waals surface area contributed by atoms with E-state index in [9.17, 15) is 4.39 Å². The number of alkyl halides is 1. The Morgan fingerprint density at radius 2 is 1.94 bits per heavy atom. The zero-order chi connectivity index (χ0) is 13.1. The average molecular weight is 374 g/mol. The zero-order valence-electron chi connectivity index (χ0n) is 9.71. The summed E-state index contributed by atoms with van der Waals surface area (Å²) in [6.07, 6.45) is 0. The molecule has 94 valence electrons. The van der Waals surface area contributed by atoms with E-state index in [4.69, 9.17) is 4.74 Å². The van der Waals surface area contributed by atoms with Gasteiger partial charge in [-0.15, -0.1) is 0 Å². The number of hydrogen-bond acceptors (Lipinski definition) is 1. The summed E-state index contributed by atoms with van der Waals surface area (Å²) < 4.78 is 20.4. The van der Waals surface area contributed by atoms with Crippen molar-refractivity contribution in [1.82, 2.24) is 0 Å². The highest BCUT2D eigenvalue weighted by atomic mass is 79.9. The Morgan fingerprint density at radius 3 is 2.61 bits per heavy atom. The Bertz CT molecular complexity index is 570. The van der Waals surface area contributed by atoms with Gasteiger partial charge in [-0.05, 0) is 42.8 Å². The molecule has 0 spiro atoms. The van der Waals surface area contributed by atoms with Crippen molar-refractivity contribution >= 4 is 31.9 Å². The molecule has 0 heterocycles. The molecule has 0 atom stereocenters. The number of halogens is 3. The van der Waals surface area contributed by atoms with E-state index in [0.717, 1.165) is 15.8 Å². The number of hydrogen-bond donors (Lipinski definition) is 0. The van der Waals surface area contributed by atoms with Crippen LogP contribution in [0.1, 0.15) is 11.1 Å². The molecular weight excluding hydrogens is 363 g/mol. The first kappa shape index (κ1) is 13.6. The van der Waals surface area contributed by atoms with Gasteiger partial charge >= 0.3 is 0 Å². The maximum atomic E-state index is 13.6. The number of ether oxygens (including phenoxy) is 1. The molecule has 0 aliphatic carbocycles. The summed E-state index contributed by atoms with van der Waals surface area (Å²) >= 11 is 6.67. The maximum Gasteiger partial charge on any atom is 0.134 e. The zero-order valence-corrected chi connectivity index (χ0v) is 12.9. The van der Waals surface area contributed by atoms with Gasteiger partial charge in [-0.25, -0.2) is 4.39 Å². The largest absolute Gasteiger partial charge is 0.457 e. The summed E-state index contributed by atoms with van der Waals surface area (Å²) in [4.78, 5) is 0. The second-order valence-corrected chi connectivity index (χ2v) is 5.34. The lowest BCUT2D eigenvalue weighted by Gasteiger charge is -2.12. The fourth-order valence-electron chi connectivity index (χ4n) is 1.61. The van der Waals surface area contributed by atoms with Gasteiger partial charge in [0.25, 0.3) is 0 Å². The third-order valence-electron chi connectivity index (χ3n) is 2.57. The van der Waals surface area contributed by atoms with Gasteiger partial charge in [-0.3, -0.25) is 0 Å². The van der Waals surface area contributed by atoms with Crippen LogP contribution in [0.3, 0.4) is 0 Å². The Balaban J connectivity index is 2.37. The summed E-state index contributed by atoms with van der Waals surface area (Å²) in [5, 5.41) is 0.421. The van der Waals surface area contributed by atoms with Crippen molar-refractivity contribution in [3.63, 3.8) is 0 Å². The summed E-state index contributed by atoms with van der Waals surface area (Å²) in [7, 11) is 0. The van der Waals surface area contributed by atoms with Gasteiger partial charge in [0.2, 0.25) is 0 Å². The van der Waals surface area contributed by atoms with Crippen molar-refractivity contribution in [2.75, 3.05) is 0 Å². The van der Waals surface area contributed by atoms with Crippen molar-refractivity contribution in [2.45, 2.75) is 12.3 Å². The van der Waals surface area contributed by atoms with Gasteiger partial charge in [0.05, 0.1) is 0 Å². The summed E-state index contributed by atoms with van der Waals surface area (Å²) in [5.41, 5.74) is 1.52. The van der Waals surface area contributed by atoms with Crippen LogP contribution < -0.4 is 4.74 Å². The van der Waals surface area contributed by atoms with Crippen molar-refractivity contribution in [1.29, 1.82) is 0 Å². The van der Waals surface area contributed by atoms with Crippen molar-refractivity contribution in [2.24, 2.45) is 0 Å². The van der Waals surface area contributed by atoms with E-state index in [1.807, 2.05) is 25.1 Å². The topological polar surface area (TPSA) is 9.23 Å². The first-order valence-electron chi connectivity index (χ1n) is 5.39. The van der Waals surface area contributed by atoms with Gasteiger partial charge in [0.1, 0.15) is 17.3 Å². The van der Waals surface area contributed by atoms with Gasteiger partial charge < -0.3 is 4.74 Å². The molecule has 18 heavy (non-hydrogen) atoms. The summed E-state index contributed by atoms with van der Waals surface area (Å²) in [5.74, 6) is 1.00. The van der Waals surface area contributed by atoms with E-state index in [-0.39, 0.29) is 5.82 Å². The fraction of sp³-hybridized carbons (Fsp3) is 0.143. The molecule has 0 fully saturated rings. The second kappa shape index (κ2) is 5.85. The molecule has 2 aromatic carbocycles. The van der Waals surface area contributed by atoms with E-state index in [2.05, 4.69) is 31.9 Å². The molecule has 0 saturated heterocycles. The molecule has 0 aromatic heterocycles. The highest BCUT2D eigenvalue weighted by Gasteiger charge is 2.10. The van der Waals surface area contributed by atoms with E-state index in [0.29, 0.717) is 16.6 Å². The van der Waals surface area contributed by atoms with Crippen LogP contribution in [0.25, 0.3) is 0 Å². The first-order chi connectivity index (χ1) is 8.61. The first-order valence-corrected chi connectivity index (χ1v) is 7.30. The summed E-state index contributed by atoms with van der Waals surface area (Å²) in [6, 6.07) is 10.6. The van der Waals surface area contributed by atoms with E-state index in [1.165, 1.54) is 6.07 Å². The standard InChI is InChI=1S/C14H11Br2FO/c1-9-7-10(16)5-6-13(9)18-14-4-2-3-12(17)11(14)8-15/h2-7H,8H2,1H3. The Labute approximate surface area is 122 Å². The van der Waals surface area contributed by atoms with Crippen LogP contribution in [0.4, 0.5) is 4.39 Å². The van der Waals surface area contributed by atoms with Gasteiger partial charge in [0.15, 0.2) is 0 Å². The Hall–Kier alpha value is -0.870. The van der Waals surface area contributed by atoms with Gasteiger partial charge in [-0.1, -0.05) is 37.9 Å². The monoisotopic (exact) mass is 372 g/mol. The highest BCUT2D eigenvalue weighted by molar-refractivity contribution is 9.10. The minimum absolute atomic E-state index is 0.265. The molecule has 0 N–H and O–H groups in total. The fourth-order valence-corrected chi connectivity index (χ4v) is 2.63. The van der Waals surface area contributed by atoms with E-state index in [1.54, 1.807) is 12.1 Å². The quantitative estimate of drug-likeness (QED) is 0.637. The van der Waals surface area contributed by atoms with E-state index < -0.39 is 0 Å². The Morgan fingerprint density at radius 1 is 1.17 bits per heavy atom. The molecule has 0 aliphatic heterocycles. The third kappa shape index (κ3) is 2.93. The van der Waals surface area contributed by atoms with Crippen molar-refractivity contribution in [3.8, 4) is 11.5 Å². The molecule has 0 radical (unpaired) electrons. The third-order valence-corrected chi connectivity index (χ3v) is 3.62. The van der Waals surface area contributed by atoms with Crippen molar-refractivity contribution < 1.29 is 9.13 Å². The average Bonchev–Trinajstić information content (AvgIpc) is 2.33. The SMILES string of the molecule is Cc1cc(Br)ccc1Oc1cccc(F)c1CBr. The highest BCUT2D eigenvalue weighted by Crippen LogP contribution is 2.31. The molecule has 0 unspecified atom stereocenters. The van der Waals surface area contributed by atoms with Crippen molar-refractivity contribution in [3.05, 3.63) is 57.8 Å². The number of rotatable bonds is 3. The van der Waals surface area contributed by atoms with Crippen LogP contribution in [-0.2, 0) is 5.33 Å². The normalized spacial score (nSPS) is 10.4. The van der Waals surface area contributed by atoms with Crippen LogP contribution in [-0.4, -0.2) is 0 Å². The molecule has 0 amide bonds. The molecule has 4 heteroatoms. The number of benzene rings is 2. The van der Waals surface area contributed by atoms with Gasteiger partial charge in [-0.2, -0.15) is 0 Å². The summed E-state index contributed by atoms with van der Waals surface area (Å²) in [6.45, 7) is 1.95. The molecule has 0 bridgehead atoms. The molecule has 1 nitrogen and oxygen atoms in total. The van der Waals surface area contributed by atoms with Crippen LogP contribution >= 0.6 is 31.9 Å². The molecule has 2 aromatic rings. The molecule has 2 rings (SSSR count). The maximum absolute atomic E-state index is 13.6. The van der Waals surface area contributed by atoms with Gasteiger partial charge in [0, 0.05) is 15.4 Å².